The Hall–Kier alpha value is -1.25. The highest BCUT2D eigenvalue weighted by Gasteiger charge is 2.13. The average molecular weight is 191 g/mol. The van der Waals surface area contributed by atoms with Crippen molar-refractivity contribution in [2.45, 2.75) is 32.2 Å². The van der Waals surface area contributed by atoms with Crippen LogP contribution in [-0.4, -0.2) is 17.6 Å². The second-order valence-electron chi connectivity index (χ2n) is 3.77. The predicted molar refractivity (Wildman–Crippen MR) is 59.7 cm³/mol. The summed E-state index contributed by atoms with van der Waals surface area (Å²) < 4.78 is 0. The van der Waals surface area contributed by atoms with Gasteiger partial charge in [0, 0.05) is 18.8 Å². The van der Waals surface area contributed by atoms with Gasteiger partial charge in [0.1, 0.15) is 0 Å². The van der Waals surface area contributed by atoms with Crippen LogP contribution in [0.25, 0.3) is 0 Å². The summed E-state index contributed by atoms with van der Waals surface area (Å²) in [6.45, 7) is 3.27. The zero-order valence-electron chi connectivity index (χ0n) is 8.59. The molecule has 76 valence electrons. The van der Waals surface area contributed by atoms with E-state index in [2.05, 4.69) is 22.5 Å². The molecular weight excluding hydrogens is 174 g/mol. The zero-order chi connectivity index (χ0) is 9.80. The Morgan fingerprint density at radius 1 is 1.50 bits per heavy atom. The third-order valence-electron chi connectivity index (χ3n) is 2.63. The Kier molecular flexibility index (Phi) is 2.87. The van der Waals surface area contributed by atoms with E-state index < -0.39 is 0 Å². The van der Waals surface area contributed by atoms with Gasteiger partial charge in [0.05, 0.1) is 17.6 Å². The number of hydrogen-bond acceptors (Lipinski definition) is 3. The van der Waals surface area contributed by atoms with Gasteiger partial charge in [-0.15, -0.1) is 0 Å². The van der Waals surface area contributed by atoms with E-state index in [1.165, 1.54) is 24.9 Å². The van der Waals surface area contributed by atoms with Crippen LogP contribution in [-0.2, 0) is 0 Å². The fraction of sp³-hybridized carbons (Fsp3) is 0.545. The van der Waals surface area contributed by atoms with E-state index in [-0.39, 0.29) is 0 Å². The van der Waals surface area contributed by atoms with Crippen LogP contribution in [0.15, 0.2) is 18.5 Å². The van der Waals surface area contributed by atoms with Gasteiger partial charge in [-0.3, -0.25) is 4.98 Å². The number of hydrogen-bond donors (Lipinski definition) is 2. The minimum absolute atomic E-state index is 0.608. The topological polar surface area (TPSA) is 37.0 Å². The van der Waals surface area contributed by atoms with Crippen LogP contribution < -0.4 is 10.6 Å². The van der Waals surface area contributed by atoms with Crippen molar-refractivity contribution >= 4 is 11.4 Å². The average Bonchev–Trinajstić information content (AvgIpc) is 2.40. The molecule has 1 aliphatic heterocycles. The molecule has 0 amide bonds. The van der Waals surface area contributed by atoms with E-state index in [4.69, 9.17) is 0 Å². The van der Waals surface area contributed by atoms with Crippen LogP contribution in [0.2, 0.25) is 0 Å². The second-order valence-corrected chi connectivity index (χ2v) is 3.77. The zero-order valence-corrected chi connectivity index (χ0v) is 8.59. The monoisotopic (exact) mass is 191 g/mol. The normalized spacial score (nSPS) is 20.2. The quantitative estimate of drug-likeness (QED) is 0.754. The summed E-state index contributed by atoms with van der Waals surface area (Å²) in [5, 5.41) is 6.95. The van der Waals surface area contributed by atoms with Gasteiger partial charge in [-0.05, 0) is 18.9 Å². The maximum atomic E-state index is 4.11. The summed E-state index contributed by atoms with van der Waals surface area (Å²) >= 11 is 0. The molecule has 2 rings (SSSR count). The summed E-state index contributed by atoms with van der Waals surface area (Å²) in [5.41, 5.74) is 2.32. The van der Waals surface area contributed by atoms with Gasteiger partial charge in [0.2, 0.25) is 0 Å². The van der Waals surface area contributed by atoms with E-state index in [1.54, 1.807) is 0 Å². The van der Waals surface area contributed by atoms with Gasteiger partial charge < -0.3 is 10.6 Å². The van der Waals surface area contributed by atoms with Crippen LogP contribution in [0, 0.1) is 0 Å². The maximum Gasteiger partial charge on any atom is 0.0762 e. The lowest BCUT2D eigenvalue weighted by atomic mass is 10.1. The molecule has 2 N–H and O–H groups in total. The molecule has 3 heteroatoms. The second kappa shape index (κ2) is 4.31. The highest BCUT2D eigenvalue weighted by atomic mass is 15.0. The van der Waals surface area contributed by atoms with E-state index in [1.807, 2.05) is 18.5 Å². The Balaban J connectivity index is 2.14. The number of fused-ring (bicyclic) bond motifs is 1. The molecule has 14 heavy (non-hydrogen) atoms. The number of nitrogens with zero attached hydrogens (tertiary/aromatic N) is 1. The lowest BCUT2D eigenvalue weighted by Crippen LogP contribution is -2.19. The molecule has 0 radical (unpaired) electrons. The molecule has 1 aromatic heterocycles. The molecule has 1 aromatic rings. The fourth-order valence-electron chi connectivity index (χ4n) is 1.90. The molecule has 0 bridgehead atoms. The summed E-state index contributed by atoms with van der Waals surface area (Å²) in [6.07, 6.45) is 7.38. The third kappa shape index (κ3) is 1.97. The summed E-state index contributed by atoms with van der Waals surface area (Å²) in [7, 11) is 0. The van der Waals surface area contributed by atoms with Crippen molar-refractivity contribution in [1.82, 2.24) is 4.98 Å². The minimum Gasteiger partial charge on any atom is -0.382 e. The molecule has 3 nitrogen and oxygen atoms in total. The van der Waals surface area contributed by atoms with Gasteiger partial charge in [-0.25, -0.2) is 0 Å². The first-order chi connectivity index (χ1) is 6.90. The van der Waals surface area contributed by atoms with E-state index >= 15 is 0 Å². The smallest absolute Gasteiger partial charge is 0.0762 e. The lowest BCUT2D eigenvalue weighted by molar-refractivity contribution is 0.615. The molecule has 0 saturated heterocycles. The number of pyridine rings is 1. The number of nitrogens with one attached hydrogen (secondary N) is 2. The first-order valence-corrected chi connectivity index (χ1v) is 5.34. The summed E-state index contributed by atoms with van der Waals surface area (Å²) in [4.78, 5) is 4.11. The maximum absolute atomic E-state index is 4.11. The Morgan fingerprint density at radius 3 is 3.29 bits per heavy atom. The Bertz CT molecular complexity index is 298. The van der Waals surface area contributed by atoms with Crippen molar-refractivity contribution in [2.24, 2.45) is 0 Å². The highest BCUT2D eigenvalue weighted by Crippen LogP contribution is 2.24. The SMILES string of the molecule is CCCC1CCNc2cnccc2N1. The fourth-order valence-corrected chi connectivity index (χ4v) is 1.90. The molecule has 0 spiro atoms. The Morgan fingerprint density at radius 2 is 2.43 bits per heavy atom. The number of aromatic nitrogens is 1. The molecule has 1 atom stereocenters. The van der Waals surface area contributed by atoms with Crippen molar-refractivity contribution < 1.29 is 0 Å². The van der Waals surface area contributed by atoms with E-state index in [9.17, 15) is 0 Å². The van der Waals surface area contributed by atoms with Gasteiger partial charge in [-0.2, -0.15) is 0 Å². The van der Waals surface area contributed by atoms with Gasteiger partial charge >= 0.3 is 0 Å². The first-order valence-electron chi connectivity index (χ1n) is 5.34. The predicted octanol–water partition coefficient (Wildman–Crippen LogP) is 2.48. The third-order valence-corrected chi connectivity index (χ3v) is 2.63. The lowest BCUT2D eigenvalue weighted by Gasteiger charge is -2.15. The molecule has 1 aliphatic rings. The van der Waals surface area contributed by atoms with Crippen molar-refractivity contribution in [1.29, 1.82) is 0 Å². The molecule has 0 fully saturated rings. The summed E-state index contributed by atoms with van der Waals surface area (Å²) in [6, 6.07) is 2.65. The first kappa shape index (κ1) is 9.31. The largest absolute Gasteiger partial charge is 0.382 e. The van der Waals surface area contributed by atoms with E-state index in [0.717, 1.165) is 12.2 Å². The van der Waals surface area contributed by atoms with Crippen LogP contribution in [0.3, 0.4) is 0 Å². The van der Waals surface area contributed by atoms with E-state index in [0.29, 0.717) is 6.04 Å². The minimum atomic E-state index is 0.608. The number of anilines is 2. The van der Waals surface area contributed by atoms with Gasteiger partial charge in [0.25, 0.3) is 0 Å². The van der Waals surface area contributed by atoms with Crippen LogP contribution in [0.5, 0.6) is 0 Å². The standard InChI is InChI=1S/C11H17N3/c1-2-3-9-4-7-13-11-8-12-6-5-10(11)14-9/h5-6,8-9,13-14H,2-4,7H2,1H3. The van der Waals surface area contributed by atoms with Crippen LogP contribution in [0.1, 0.15) is 26.2 Å². The van der Waals surface area contributed by atoms with Crippen LogP contribution >= 0.6 is 0 Å². The van der Waals surface area contributed by atoms with Crippen molar-refractivity contribution in [3.63, 3.8) is 0 Å². The van der Waals surface area contributed by atoms with Gasteiger partial charge in [0.15, 0.2) is 0 Å². The van der Waals surface area contributed by atoms with Gasteiger partial charge in [-0.1, -0.05) is 13.3 Å². The Labute approximate surface area is 84.9 Å². The molecule has 0 aliphatic carbocycles. The molecule has 0 aromatic carbocycles. The molecule has 2 heterocycles. The number of rotatable bonds is 2. The van der Waals surface area contributed by atoms with Crippen molar-refractivity contribution in [3.8, 4) is 0 Å². The van der Waals surface area contributed by atoms with Crippen molar-refractivity contribution in [3.05, 3.63) is 18.5 Å². The van der Waals surface area contributed by atoms with Crippen molar-refractivity contribution in [2.75, 3.05) is 17.2 Å². The van der Waals surface area contributed by atoms with Crippen LogP contribution in [0.4, 0.5) is 11.4 Å². The highest BCUT2D eigenvalue weighted by molar-refractivity contribution is 5.68. The molecule has 1 unspecified atom stereocenters. The molecule has 0 saturated carbocycles. The summed E-state index contributed by atoms with van der Waals surface area (Å²) in [5.74, 6) is 0. The molecular formula is C11H17N3.